The molecule has 1 spiro atoms. The zero-order valence-electron chi connectivity index (χ0n) is 11.8. The first-order chi connectivity index (χ1) is 9.35. The number of nitrogens with zero attached hydrogens (tertiary/aromatic N) is 1. The molecule has 4 nitrogen and oxygen atoms in total. The summed E-state index contributed by atoms with van der Waals surface area (Å²) < 4.78 is 5.88. The highest BCUT2D eigenvalue weighted by atomic mass is 16.5. The van der Waals surface area contributed by atoms with Crippen LogP contribution in [0.1, 0.15) is 44.9 Å². The molecule has 2 aliphatic carbocycles. The second kappa shape index (κ2) is 5.63. The lowest BCUT2D eigenvalue weighted by Gasteiger charge is -2.61. The zero-order chi connectivity index (χ0) is 13.1. The smallest absolute Gasteiger partial charge is 0.106 e. The van der Waals surface area contributed by atoms with Crippen molar-refractivity contribution in [2.75, 3.05) is 13.2 Å². The molecule has 1 aromatic heterocycles. The van der Waals surface area contributed by atoms with Gasteiger partial charge in [0.05, 0.1) is 6.10 Å². The summed E-state index contributed by atoms with van der Waals surface area (Å²) in [5.74, 6) is 1.10. The fourth-order valence-electron chi connectivity index (χ4n) is 3.69. The Morgan fingerprint density at radius 3 is 3.05 bits per heavy atom. The summed E-state index contributed by atoms with van der Waals surface area (Å²) in [6, 6.07) is 0.689. The molecule has 106 valence electrons. The van der Waals surface area contributed by atoms with Gasteiger partial charge in [0.25, 0.3) is 0 Å². The van der Waals surface area contributed by atoms with Crippen LogP contribution in [0.3, 0.4) is 0 Å². The number of nitrogens with one attached hydrogen (secondary N) is 2. The van der Waals surface area contributed by atoms with Crippen LogP contribution in [-0.2, 0) is 11.2 Å². The Kier molecular flexibility index (Phi) is 3.89. The molecule has 1 heterocycles. The van der Waals surface area contributed by atoms with Gasteiger partial charge in [-0.25, -0.2) is 4.98 Å². The van der Waals surface area contributed by atoms with Crippen molar-refractivity contribution in [2.45, 2.75) is 57.6 Å². The first-order valence-corrected chi connectivity index (χ1v) is 7.68. The Morgan fingerprint density at radius 2 is 2.42 bits per heavy atom. The molecule has 0 aliphatic heterocycles. The number of H-pyrrole nitrogens is 1. The lowest BCUT2D eigenvalue weighted by molar-refractivity contribution is -0.172. The molecule has 2 atom stereocenters. The summed E-state index contributed by atoms with van der Waals surface area (Å²) in [4.78, 5) is 7.41. The summed E-state index contributed by atoms with van der Waals surface area (Å²) in [7, 11) is 0. The average molecular weight is 263 g/mol. The van der Waals surface area contributed by atoms with Crippen LogP contribution >= 0.6 is 0 Å². The average Bonchev–Trinajstić information content (AvgIpc) is 2.82. The normalized spacial score (nSPS) is 28.1. The van der Waals surface area contributed by atoms with Gasteiger partial charge in [0.1, 0.15) is 5.82 Å². The van der Waals surface area contributed by atoms with Crippen molar-refractivity contribution in [2.24, 2.45) is 5.41 Å². The highest BCUT2D eigenvalue weighted by Crippen LogP contribution is 2.57. The third-order valence-electron chi connectivity index (χ3n) is 4.97. The zero-order valence-corrected chi connectivity index (χ0v) is 11.8. The van der Waals surface area contributed by atoms with E-state index in [-0.39, 0.29) is 0 Å². The Labute approximate surface area is 115 Å². The number of aromatic nitrogens is 2. The molecule has 2 fully saturated rings. The fourth-order valence-corrected chi connectivity index (χ4v) is 3.69. The molecule has 0 amide bonds. The predicted molar refractivity (Wildman–Crippen MR) is 75.0 cm³/mol. The molecule has 1 aromatic rings. The third-order valence-corrected chi connectivity index (χ3v) is 4.97. The minimum absolute atomic E-state index is 0.487. The molecule has 0 saturated heterocycles. The van der Waals surface area contributed by atoms with Crippen LogP contribution in [-0.4, -0.2) is 35.3 Å². The molecule has 4 heteroatoms. The Bertz CT molecular complexity index is 386. The van der Waals surface area contributed by atoms with E-state index in [4.69, 9.17) is 4.74 Å². The molecule has 19 heavy (non-hydrogen) atoms. The van der Waals surface area contributed by atoms with Gasteiger partial charge in [-0.2, -0.15) is 0 Å². The van der Waals surface area contributed by atoms with E-state index in [2.05, 4.69) is 22.2 Å². The van der Waals surface area contributed by atoms with E-state index in [0.29, 0.717) is 17.6 Å². The van der Waals surface area contributed by atoms with Crippen LogP contribution in [0.15, 0.2) is 12.4 Å². The SMILES string of the molecule is CCOC1CC(NCCCc2ncc[nH]2)C12CCC2. The van der Waals surface area contributed by atoms with Crippen molar-refractivity contribution in [3.63, 3.8) is 0 Å². The van der Waals surface area contributed by atoms with Gasteiger partial charge in [-0.1, -0.05) is 6.42 Å². The molecule has 2 N–H and O–H groups in total. The lowest BCUT2D eigenvalue weighted by atomic mass is 9.51. The van der Waals surface area contributed by atoms with Gasteiger partial charge in [-0.15, -0.1) is 0 Å². The lowest BCUT2D eigenvalue weighted by Crippen LogP contribution is -2.66. The summed E-state index contributed by atoms with van der Waals surface area (Å²) in [5, 5.41) is 3.74. The molecule has 0 aromatic carbocycles. The minimum Gasteiger partial charge on any atom is -0.378 e. The van der Waals surface area contributed by atoms with Crippen LogP contribution in [0.5, 0.6) is 0 Å². The second-order valence-corrected chi connectivity index (χ2v) is 5.91. The number of ether oxygens (including phenoxy) is 1. The van der Waals surface area contributed by atoms with E-state index >= 15 is 0 Å². The first kappa shape index (κ1) is 13.1. The van der Waals surface area contributed by atoms with Crippen LogP contribution in [0.2, 0.25) is 0 Å². The third kappa shape index (κ3) is 2.43. The number of imidazole rings is 1. The minimum atomic E-state index is 0.487. The van der Waals surface area contributed by atoms with Gasteiger partial charge in [-0.05, 0) is 39.2 Å². The molecular formula is C15H25N3O. The number of hydrogen-bond acceptors (Lipinski definition) is 3. The number of rotatable bonds is 7. The van der Waals surface area contributed by atoms with E-state index in [0.717, 1.165) is 31.8 Å². The fraction of sp³-hybridized carbons (Fsp3) is 0.800. The highest BCUT2D eigenvalue weighted by molar-refractivity contribution is 5.12. The van der Waals surface area contributed by atoms with Crippen molar-refractivity contribution in [3.8, 4) is 0 Å². The van der Waals surface area contributed by atoms with E-state index in [1.165, 1.54) is 25.7 Å². The van der Waals surface area contributed by atoms with E-state index < -0.39 is 0 Å². The maximum atomic E-state index is 5.88. The van der Waals surface area contributed by atoms with E-state index in [1.807, 2.05) is 12.4 Å². The van der Waals surface area contributed by atoms with Crippen molar-refractivity contribution >= 4 is 0 Å². The second-order valence-electron chi connectivity index (χ2n) is 5.91. The molecule has 0 radical (unpaired) electrons. The number of aryl methyl sites for hydroxylation is 1. The van der Waals surface area contributed by atoms with Crippen molar-refractivity contribution in [1.82, 2.24) is 15.3 Å². The number of aromatic amines is 1. The Balaban J connectivity index is 1.39. The van der Waals surface area contributed by atoms with Crippen LogP contribution < -0.4 is 5.32 Å². The van der Waals surface area contributed by atoms with E-state index in [1.54, 1.807) is 0 Å². The summed E-state index contributed by atoms with van der Waals surface area (Å²) in [5.41, 5.74) is 0.487. The molecule has 3 rings (SSSR count). The summed E-state index contributed by atoms with van der Waals surface area (Å²) in [6.07, 6.45) is 11.7. The molecular weight excluding hydrogens is 238 g/mol. The largest absolute Gasteiger partial charge is 0.378 e. The molecule has 0 bridgehead atoms. The van der Waals surface area contributed by atoms with Gasteiger partial charge in [0.2, 0.25) is 0 Å². The monoisotopic (exact) mass is 263 g/mol. The van der Waals surface area contributed by atoms with Gasteiger partial charge < -0.3 is 15.0 Å². The molecule has 2 unspecified atom stereocenters. The van der Waals surface area contributed by atoms with Crippen LogP contribution in [0.25, 0.3) is 0 Å². The summed E-state index contributed by atoms with van der Waals surface area (Å²) in [6.45, 7) is 4.06. The number of hydrogen-bond donors (Lipinski definition) is 2. The summed E-state index contributed by atoms with van der Waals surface area (Å²) >= 11 is 0. The van der Waals surface area contributed by atoms with Crippen molar-refractivity contribution in [3.05, 3.63) is 18.2 Å². The Hall–Kier alpha value is -0.870. The predicted octanol–water partition coefficient (Wildman–Crippen LogP) is 2.28. The first-order valence-electron chi connectivity index (χ1n) is 7.68. The molecule has 2 aliphatic rings. The van der Waals surface area contributed by atoms with Crippen LogP contribution in [0.4, 0.5) is 0 Å². The van der Waals surface area contributed by atoms with Crippen molar-refractivity contribution < 1.29 is 4.74 Å². The Morgan fingerprint density at radius 1 is 1.53 bits per heavy atom. The molecule has 2 saturated carbocycles. The van der Waals surface area contributed by atoms with Gasteiger partial charge in [0.15, 0.2) is 0 Å². The van der Waals surface area contributed by atoms with Crippen molar-refractivity contribution in [1.29, 1.82) is 0 Å². The quantitative estimate of drug-likeness (QED) is 0.742. The van der Waals surface area contributed by atoms with E-state index in [9.17, 15) is 0 Å². The standard InChI is InChI=1S/C15H25N3O/c1-2-19-13-11-12(15(13)6-4-7-15)16-8-3-5-14-17-9-10-18-14/h9-10,12-13,16H,2-8,11H2,1H3,(H,17,18). The maximum Gasteiger partial charge on any atom is 0.106 e. The van der Waals surface area contributed by atoms with Gasteiger partial charge in [0, 0.05) is 36.9 Å². The van der Waals surface area contributed by atoms with Crippen LogP contribution in [0, 0.1) is 5.41 Å². The topological polar surface area (TPSA) is 49.9 Å². The maximum absolute atomic E-state index is 5.88. The van der Waals surface area contributed by atoms with Gasteiger partial charge in [-0.3, -0.25) is 0 Å². The van der Waals surface area contributed by atoms with Gasteiger partial charge >= 0.3 is 0 Å². The highest BCUT2D eigenvalue weighted by Gasteiger charge is 2.58.